The molecule has 0 radical (unpaired) electrons. The lowest BCUT2D eigenvalue weighted by atomic mass is 10.0. The summed E-state index contributed by atoms with van der Waals surface area (Å²) in [5, 5.41) is 12.3. The molecule has 15 heavy (non-hydrogen) atoms. The number of rotatable bonds is 1. The third-order valence-corrected chi connectivity index (χ3v) is 3.08. The minimum atomic E-state index is 0.208. The van der Waals surface area contributed by atoms with Crippen LogP contribution < -0.4 is 5.32 Å². The second-order valence-electron chi connectivity index (χ2n) is 5.53. The summed E-state index contributed by atoms with van der Waals surface area (Å²) in [6.45, 7) is 11.0. The molecular formula is C12H23N3. The highest BCUT2D eigenvalue weighted by atomic mass is 15.2. The largest absolute Gasteiger partial charge is 0.309 e. The Labute approximate surface area is 93.5 Å². The van der Waals surface area contributed by atoms with Gasteiger partial charge in [0.1, 0.15) is 0 Å². The third kappa shape index (κ3) is 3.81. The van der Waals surface area contributed by atoms with E-state index < -0.39 is 0 Å². The molecule has 0 aromatic carbocycles. The van der Waals surface area contributed by atoms with Gasteiger partial charge in [-0.3, -0.25) is 4.90 Å². The summed E-state index contributed by atoms with van der Waals surface area (Å²) in [5.41, 5.74) is 0.208. The Morgan fingerprint density at radius 1 is 1.47 bits per heavy atom. The van der Waals surface area contributed by atoms with Crippen LogP contribution in [0, 0.1) is 11.3 Å². The Hall–Kier alpha value is -0.590. The zero-order chi connectivity index (χ0) is 11.5. The average molecular weight is 209 g/mol. The lowest BCUT2D eigenvalue weighted by molar-refractivity contribution is 0.134. The predicted molar refractivity (Wildman–Crippen MR) is 62.6 cm³/mol. The predicted octanol–water partition coefficient (Wildman–Crippen LogP) is 1.75. The maximum Gasteiger partial charge on any atom is 0.0638 e. The van der Waals surface area contributed by atoms with Gasteiger partial charge in [0.15, 0.2) is 0 Å². The molecule has 2 unspecified atom stereocenters. The van der Waals surface area contributed by atoms with Gasteiger partial charge in [0.05, 0.1) is 12.5 Å². The SMILES string of the molecule is CC1CCN(C(C)(C)C)CC(CC#N)N1. The highest BCUT2D eigenvalue weighted by molar-refractivity contribution is 4.90. The van der Waals surface area contributed by atoms with Crippen molar-refractivity contribution in [2.45, 2.75) is 58.2 Å². The second kappa shape index (κ2) is 4.96. The van der Waals surface area contributed by atoms with E-state index in [9.17, 15) is 0 Å². The van der Waals surface area contributed by atoms with Crippen LogP contribution in [0.2, 0.25) is 0 Å². The summed E-state index contributed by atoms with van der Waals surface area (Å²) in [5.74, 6) is 0. The fraction of sp³-hybridized carbons (Fsp3) is 0.917. The van der Waals surface area contributed by atoms with E-state index in [0.717, 1.165) is 13.1 Å². The summed E-state index contributed by atoms with van der Waals surface area (Å²) in [4.78, 5) is 2.48. The fourth-order valence-electron chi connectivity index (χ4n) is 2.09. The molecule has 1 saturated heterocycles. The van der Waals surface area contributed by atoms with E-state index in [0.29, 0.717) is 18.5 Å². The molecule has 0 bridgehead atoms. The minimum absolute atomic E-state index is 0.208. The van der Waals surface area contributed by atoms with Crippen molar-refractivity contribution in [3.8, 4) is 6.07 Å². The van der Waals surface area contributed by atoms with Crippen molar-refractivity contribution < 1.29 is 0 Å². The van der Waals surface area contributed by atoms with E-state index >= 15 is 0 Å². The summed E-state index contributed by atoms with van der Waals surface area (Å²) in [7, 11) is 0. The topological polar surface area (TPSA) is 39.1 Å². The van der Waals surface area contributed by atoms with Crippen LogP contribution in [0.3, 0.4) is 0 Å². The normalized spacial score (nSPS) is 29.5. The van der Waals surface area contributed by atoms with Gasteiger partial charge in [-0.2, -0.15) is 5.26 Å². The average Bonchev–Trinajstić information content (AvgIpc) is 2.26. The van der Waals surface area contributed by atoms with Crippen molar-refractivity contribution >= 4 is 0 Å². The fourth-order valence-corrected chi connectivity index (χ4v) is 2.09. The smallest absolute Gasteiger partial charge is 0.0638 e. The van der Waals surface area contributed by atoms with Crippen LogP contribution in [0.1, 0.15) is 40.5 Å². The van der Waals surface area contributed by atoms with Crippen molar-refractivity contribution in [1.29, 1.82) is 5.26 Å². The molecule has 0 aromatic rings. The van der Waals surface area contributed by atoms with Gasteiger partial charge >= 0.3 is 0 Å². The van der Waals surface area contributed by atoms with Crippen molar-refractivity contribution in [2.75, 3.05) is 13.1 Å². The molecule has 0 aliphatic carbocycles. The highest BCUT2D eigenvalue weighted by Gasteiger charge is 2.27. The lowest BCUT2D eigenvalue weighted by Gasteiger charge is -2.35. The van der Waals surface area contributed by atoms with Gasteiger partial charge in [0.2, 0.25) is 0 Å². The quantitative estimate of drug-likeness (QED) is 0.715. The van der Waals surface area contributed by atoms with Gasteiger partial charge in [-0.25, -0.2) is 0 Å². The second-order valence-corrected chi connectivity index (χ2v) is 5.53. The molecule has 1 heterocycles. The van der Waals surface area contributed by atoms with Crippen LogP contribution in [0.25, 0.3) is 0 Å². The molecule has 2 atom stereocenters. The number of nitriles is 1. The molecule has 0 amide bonds. The first-order valence-corrected chi connectivity index (χ1v) is 5.81. The van der Waals surface area contributed by atoms with Crippen LogP contribution in [-0.4, -0.2) is 35.6 Å². The summed E-state index contributed by atoms with van der Waals surface area (Å²) < 4.78 is 0. The standard InChI is InChI=1S/C12H23N3/c1-10-6-8-15(12(2,3)4)9-11(14-10)5-7-13/h10-11,14H,5-6,8-9H2,1-4H3. The van der Waals surface area contributed by atoms with E-state index in [1.54, 1.807) is 0 Å². The summed E-state index contributed by atoms with van der Waals surface area (Å²) in [6, 6.07) is 3.12. The molecule has 1 N–H and O–H groups in total. The first-order valence-electron chi connectivity index (χ1n) is 5.81. The Morgan fingerprint density at radius 3 is 2.67 bits per heavy atom. The molecule has 0 saturated carbocycles. The molecule has 1 aliphatic rings. The molecule has 1 rings (SSSR count). The molecule has 0 aromatic heterocycles. The zero-order valence-corrected chi connectivity index (χ0v) is 10.4. The monoisotopic (exact) mass is 209 g/mol. The van der Waals surface area contributed by atoms with Crippen molar-refractivity contribution in [3.05, 3.63) is 0 Å². The van der Waals surface area contributed by atoms with Gasteiger partial charge in [0.25, 0.3) is 0 Å². The van der Waals surface area contributed by atoms with Crippen molar-refractivity contribution in [3.63, 3.8) is 0 Å². The van der Waals surface area contributed by atoms with Gasteiger partial charge < -0.3 is 5.32 Å². The number of nitrogens with one attached hydrogen (secondary N) is 1. The summed E-state index contributed by atoms with van der Waals surface area (Å²) >= 11 is 0. The Bertz CT molecular complexity index is 236. The van der Waals surface area contributed by atoms with E-state index in [4.69, 9.17) is 5.26 Å². The first-order chi connectivity index (χ1) is 6.93. The van der Waals surface area contributed by atoms with Crippen LogP contribution in [-0.2, 0) is 0 Å². The zero-order valence-electron chi connectivity index (χ0n) is 10.4. The molecule has 1 fully saturated rings. The van der Waals surface area contributed by atoms with Crippen LogP contribution in [0.4, 0.5) is 0 Å². The third-order valence-electron chi connectivity index (χ3n) is 3.08. The molecule has 3 heteroatoms. The molecule has 0 spiro atoms. The van der Waals surface area contributed by atoms with Gasteiger partial charge in [0, 0.05) is 30.7 Å². The lowest BCUT2D eigenvalue weighted by Crippen LogP contribution is -2.47. The van der Waals surface area contributed by atoms with Gasteiger partial charge in [-0.15, -0.1) is 0 Å². The Balaban J connectivity index is 2.65. The maximum absolute atomic E-state index is 8.78. The van der Waals surface area contributed by atoms with Crippen molar-refractivity contribution in [1.82, 2.24) is 10.2 Å². The van der Waals surface area contributed by atoms with E-state index in [-0.39, 0.29) is 5.54 Å². The molecule has 3 nitrogen and oxygen atoms in total. The van der Waals surface area contributed by atoms with E-state index in [1.807, 2.05) is 0 Å². The van der Waals surface area contributed by atoms with Crippen LogP contribution >= 0.6 is 0 Å². The molecule has 1 aliphatic heterocycles. The van der Waals surface area contributed by atoms with Gasteiger partial charge in [-0.1, -0.05) is 0 Å². The Morgan fingerprint density at radius 2 is 2.13 bits per heavy atom. The Kier molecular flexibility index (Phi) is 4.12. The molecule has 86 valence electrons. The van der Waals surface area contributed by atoms with Gasteiger partial charge in [-0.05, 0) is 34.1 Å². The number of nitrogens with zero attached hydrogens (tertiary/aromatic N) is 2. The first kappa shape index (κ1) is 12.5. The number of hydrogen-bond donors (Lipinski definition) is 1. The van der Waals surface area contributed by atoms with Crippen molar-refractivity contribution in [2.24, 2.45) is 0 Å². The maximum atomic E-state index is 8.78. The highest BCUT2D eigenvalue weighted by Crippen LogP contribution is 2.18. The van der Waals surface area contributed by atoms with Crippen LogP contribution in [0.15, 0.2) is 0 Å². The van der Waals surface area contributed by atoms with E-state index in [2.05, 4.69) is 44.0 Å². The van der Waals surface area contributed by atoms with E-state index in [1.165, 1.54) is 6.42 Å². The molecular weight excluding hydrogens is 186 g/mol. The van der Waals surface area contributed by atoms with Crippen LogP contribution in [0.5, 0.6) is 0 Å². The summed E-state index contributed by atoms with van der Waals surface area (Å²) in [6.07, 6.45) is 1.77. The minimum Gasteiger partial charge on any atom is -0.309 e. The number of hydrogen-bond acceptors (Lipinski definition) is 3.